The van der Waals surface area contributed by atoms with Crippen molar-refractivity contribution in [2.24, 2.45) is 5.41 Å². The van der Waals surface area contributed by atoms with Crippen LogP contribution in [-0.4, -0.2) is 17.3 Å². The molecule has 2 aromatic rings. The smallest absolute Gasteiger partial charge is 0.258 e. The molecular formula is C14H18FN3O2. The first-order valence-corrected chi connectivity index (χ1v) is 6.24. The van der Waals surface area contributed by atoms with Crippen LogP contribution < -0.4 is 5.73 Å². The Morgan fingerprint density at radius 3 is 2.60 bits per heavy atom. The molecule has 1 atom stereocenters. The van der Waals surface area contributed by atoms with Crippen LogP contribution in [0.5, 0.6) is 0 Å². The molecule has 0 saturated heterocycles. The summed E-state index contributed by atoms with van der Waals surface area (Å²) in [6.07, 6.45) is -0.307. The van der Waals surface area contributed by atoms with Crippen LogP contribution in [0.25, 0.3) is 11.5 Å². The van der Waals surface area contributed by atoms with Gasteiger partial charge in [0.2, 0.25) is 5.82 Å². The lowest BCUT2D eigenvalue weighted by molar-refractivity contribution is 0.00718. The third-order valence-corrected chi connectivity index (χ3v) is 2.95. The summed E-state index contributed by atoms with van der Waals surface area (Å²) in [6, 6.07) is 4.37. The number of nitrogens with two attached hydrogens (primary N) is 1. The Morgan fingerprint density at radius 1 is 1.35 bits per heavy atom. The van der Waals surface area contributed by atoms with E-state index in [1.54, 1.807) is 13.2 Å². The molecule has 2 N–H and O–H groups in total. The third-order valence-electron chi connectivity index (χ3n) is 2.95. The molecule has 1 aromatic heterocycles. The van der Waals surface area contributed by atoms with Crippen molar-refractivity contribution in [2.75, 3.05) is 12.8 Å². The van der Waals surface area contributed by atoms with E-state index in [1.165, 1.54) is 12.1 Å². The second-order valence-electron chi connectivity index (χ2n) is 5.68. The monoisotopic (exact) mass is 279 g/mol. The maximum Gasteiger partial charge on any atom is 0.258 e. The van der Waals surface area contributed by atoms with Crippen LogP contribution in [0.4, 0.5) is 10.1 Å². The minimum absolute atomic E-state index is 0.0814. The topological polar surface area (TPSA) is 74.2 Å². The summed E-state index contributed by atoms with van der Waals surface area (Å²) in [6.45, 7) is 6.04. The lowest BCUT2D eigenvalue weighted by Gasteiger charge is -2.26. The van der Waals surface area contributed by atoms with Crippen molar-refractivity contribution >= 4 is 5.69 Å². The lowest BCUT2D eigenvalue weighted by Crippen LogP contribution is -2.21. The van der Waals surface area contributed by atoms with Crippen LogP contribution >= 0.6 is 0 Å². The van der Waals surface area contributed by atoms with Gasteiger partial charge in [-0.3, -0.25) is 0 Å². The average molecular weight is 279 g/mol. The third kappa shape index (κ3) is 2.80. The summed E-state index contributed by atoms with van der Waals surface area (Å²) < 4.78 is 24.0. The van der Waals surface area contributed by atoms with Crippen molar-refractivity contribution < 1.29 is 13.7 Å². The molecule has 1 unspecified atom stereocenters. The van der Waals surface area contributed by atoms with Gasteiger partial charge in [0, 0.05) is 12.7 Å². The number of aromatic nitrogens is 2. The summed E-state index contributed by atoms with van der Waals surface area (Å²) in [4.78, 5) is 4.28. The minimum Gasteiger partial charge on any atom is -0.396 e. The van der Waals surface area contributed by atoms with Gasteiger partial charge in [-0.25, -0.2) is 4.39 Å². The fraction of sp³-hybridized carbons (Fsp3) is 0.429. The Balaban J connectivity index is 2.35. The van der Waals surface area contributed by atoms with Crippen molar-refractivity contribution in [1.82, 2.24) is 10.1 Å². The van der Waals surface area contributed by atoms with E-state index in [4.69, 9.17) is 15.0 Å². The number of rotatable bonds is 3. The predicted molar refractivity (Wildman–Crippen MR) is 73.3 cm³/mol. The number of hydrogen-bond donors (Lipinski definition) is 1. The molecule has 6 heteroatoms. The van der Waals surface area contributed by atoms with Crippen LogP contribution in [0, 0.1) is 11.2 Å². The summed E-state index contributed by atoms with van der Waals surface area (Å²) in [5, 5.41) is 3.92. The number of ether oxygens (including phenoxy) is 1. The maximum atomic E-state index is 13.4. The van der Waals surface area contributed by atoms with Gasteiger partial charge in [0.25, 0.3) is 5.89 Å². The highest BCUT2D eigenvalue weighted by Crippen LogP contribution is 2.34. The van der Waals surface area contributed by atoms with Gasteiger partial charge in [-0.15, -0.1) is 0 Å². The largest absolute Gasteiger partial charge is 0.396 e. The molecule has 0 amide bonds. The van der Waals surface area contributed by atoms with Crippen molar-refractivity contribution in [2.45, 2.75) is 26.9 Å². The van der Waals surface area contributed by atoms with Gasteiger partial charge in [0.05, 0.1) is 5.69 Å². The number of nitrogens with zero attached hydrogens (tertiary/aromatic N) is 2. The number of anilines is 1. The van der Waals surface area contributed by atoms with E-state index in [0.717, 1.165) is 0 Å². The predicted octanol–water partition coefficient (Wildman–Crippen LogP) is 3.19. The number of nitrogen functional groups attached to an aromatic ring is 1. The molecule has 0 radical (unpaired) electrons. The Hall–Kier alpha value is -1.95. The molecule has 1 aromatic carbocycles. The van der Waals surface area contributed by atoms with Crippen molar-refractivity contribution in [3.8, 4) is 11.5 Å². The van der Waals surface area contributed by atoms with Gasteiger partial charge in [-0.1, -0.05) is 25.9 Å². The minimum atomic E-state index is -0.513. The van der Waals surface area contributed by atoms with Crippen LogP contribution in [0.2, 0.25) is 0 Å². The average Bonchev–Trinajstić information content (AvgIpc) is 2.81. The van der Waals surface area contributed by atoms with Crippen molar-refractivity contribution in [3.05, 3.63) is 29.8 Å². The first kappa shape index (κ1) is 14.5. The van der Waals surface area contributed by atoms with Gasteiger partial charge in [0.1, 0.15) is 11.9 Å². The number of hydrogen-bond acceptors (Lipinski definition) is 5. The first-order chi connectivity index (χ1) is 9.32. The van der Waals surface area contributed by atoms with E-state index in [1.807, 2.05) is 20.8 Å². The fourth-order valence-corrected chi connectivity index (χ4v) is 1.97. The van der Waals surface area contributed by atoms with E-state index >= 15 is 0 Å². The molecule has 1 heterocycles. The zero-order chi connectivity index (χ0) is 14.9. The highest BCUT2D eigenvalue weighted by atomic mass is 19.1. The number of benzene rings is 1. The van der Waals surface area contributed by atoms with Gasteiger partial charge in [-0.2, -0.15) is 4.98 Å². The summed E-state index contributed by atoms with van der Waals surface area (Å²) in [7, 11) is 1.59. The Kier molecular flexibility index (Phi) is 3.76. The lowest BCUT2D eigenvalue weighted by atomic mass is 9.88. The van der Waals surface area contributed by atoms with Crippen molar-refractivity contribution in [1.29, 1.82) is 0 Å². The quantitative estimate of drug-likeness (QED) is 0.873. The summed E-state index contributed by atoms with van der Waals surface area (Å²) >= 11 is 0. The molecule has 0 spiro atoms. The molecule has 0 fully saturated rings. The molecular weight excluding hydrogens is 261 g/mol. The van der Waals surface area contributed by atoms with E-state index in [-0.39, 0.29) is 23.1 Å². The summed E-state index contributed by atoms with van der Waals surface area (Å²) in [5.74, 6) is 0.166. The van der Waals surface area contributed by atoms with Crippen LogP contribution in [-0.2, 0) is 4.74 Å². The molecule has 0 aliphatic rings. The van der Waals surface area contributed by atoms with Gasteiger partial charge in [0.15, 0.2) is 0 Å². The fourth-order valence-electron chi connectivity index (χ4n) is 1.97. The van der Waals surface area contributed by atoms with Crippen LogP contribution in [0.15, 0.2) is 22.7 Å². The maximum absolute atomic E-state index is 13.4. The second kappa shape index (κ2) is 5.20. The van der Waals surface area contributed by atoms with E-state index in [0.29, 0.717) is 11.4 Å². The first-order valence-electron chi connectivity index (χ1n) is 6.24. The number of halogens is 1. The Bertz CT molecular complexity index is 605. The van der Waals surface area contributed by atoms with Gasteiger partial charge in [-0.05, 0) is 23.6 Å². The highest BCUT2D eigenvalue weighted by Gasteiger charge is 2.30. The van der Waals surface area contributed by atoms with Gasteiger partial charge < -0.3 is 15.0 Å². The van der Waals surface area contributed by atoms with Gasteiger partial charge >= 0.3 is 0 Å². The highest BCUT2D eigenvalue weighted by molar-refractivity contribution is 5.57. The Morgan fingerprint density at radius 2 is 2.05 bits per heavy atom. The SMILES string of the molecule is COC(c1noc(-c2ccc(N)c(F)c2)n1)C(C)(C)C. The molecule has 5 nitrogen and oxygen atoms in total. The van der Waals surface area contributed by atoms with Crippen LogP contribution in [0.3, 0.4) is 0 Å². The van der Waals surface area contributed by atoms with Crippen molar-refractivity contribution in [3.63, 3.8) is 0 Å². The molecule has 0 aliphatic carbocycles. The normalized spacial score (nSPS) is 13.4. The molecule has 0 saturated carbocycles. The van der Waals surface area contributed by atoms with E-state index in [9.17, 15) is 4.39 Å². The Labute approximate surface area is 116 Å². The molecule has 20 heavy (non-hydrogen) atoms. The summed E-state index contributed by atoms with van der Waals surface area (Å²) in [5.41, 5.74) is 5.83. The molecule has 2 rings (SSSR count). The van der Waals surface area contributed by atoms with E-state index < -0.39 is 5.82 Å². The molecule has 108 valence electrons. The number of methoxy groups -OCH3 is 1. The standard InChI is InChI=1S/C14H18FN3O2/c1-14(2,3)11(19-4)12-17-13(20-18-12)8-5-6-10(16)9(15)7-8/h5-7,11H,16H2,1-4H3. The zero-order valence-electron chi connectivity index (χ0n) is 12.0. The second-order valence-corrected chi connectivity index (χ2v) is 5.68. The van der Waals surface area contributed by atoms with E-state index in [2.05, 4.69) is 10.1 Å². The van der Waals surface area contributed by atoms with Crippen LogP contribution in [0.1, 0.15) is 32.7 Å². The molecule has 0 bridgehead atoms. The molecule has 0 aliphatic heterocycles. The zero-order valence-corrected chi connectivity index (χ0v) is 12.0.